The summed E-state index contributed by atoms with van der Waals surface area (Å²) in [6.07, 6.45) is 0. The van der Waals surface area contributed by atoms with Crippen LogP contribution in [0.2, 0.25) is 0 Å². The number of hydrogen-bond donors (Lipinski definition) is 0. The Labute approximate surface area is 72.3 Å². The van der Waals surface area contributed by atoms with E-state index in [0.717, 1.165) is 0 Å². The van der Waals surface area contributed by atoms with Gasteiger partial charge in [-0.25, -0.2) is 0 Å². The first-order valence-corrected chi connectivity index (χ1v) is 1.50. The van der Waals surface area contributed by atoms with E-state index in [1.165, 1.54) is 0 Å². The summed E-state index contributed by atoms with van der Waals surface area (Å²) in [4.78, 5) is 0. The van der Waals surface area contributed by atoms with Gasteiger partial charge in [-0.05, 0) is 0 Å². The van der Waals surface area contributed by atoms with Gasteiger partial charge in [-0.15, -0.1) is 11.4 Å². The van der Waals surface area contributed by atoms with Crippen molar-refractivity contribution in [2.75, 3.05) is 0 Å². The van der Waals surface area contributed by atoms with Gasteiger partial charge >= 0.3 is 48.9 Å². The van der Waals surface area contributed by atoms with Gasteiger partial charge in [0.25, 0.3) is 0 Å². The molecule has 0 radical (unpaired) electrons. The fourth-order valence-electron chi connectivity index (χ4n) is 0. The van der Waals surface area contributed by atoms with Crippen LogP contribution in [0, 0.1) is 0 Å². The van der Waals surface area contributed by atoms with Crippen LogP contribution in [0.3, 0.4) is 0 Å². The van der Waals surface area contributed by atoms with Crippen molar-refractivity contribution in [1.82, 2.24) is 0 Å². The molecule has 0 aliphatic heterocycles. The second-order valence-electron chi connectivity index (χ2n) is 0.204. The molecule has 0 aromatic carbocycles. The summed E-state index contributed by atoms with van der Waals surface area (Å²) in [5, 5.41) is 0. The van der Waals surface area contributed by atoms with Gasteiger partial charge in [0.15, 0.2) is 0 Å². The van der Waals surface area contributed by atoms with Gasteiger partial charge in [-0.3, -0.25) is 4.21 Å². The standard InChI is InChI=1S/Ba.H2O3S/c;1-4(2)3/h;(H2,1,2,3)/q+2;/p-2. The minimum absolute atomic E-state index is 0. The van der Waals surface area contributed by atoms with Crippen LogP contribution in [0.25, 0.3) is 0 Å². The first-order valence-electron chi connectivity index (χ1n) is 0.500. The Morgan fingerprint density at radius 1 is 1.40 bits per heavy atom. The van der Waals surface area contributed by atoms with Crippen molar-refractivity contribution in [3.63, 3.8) is 0 Å². The third-order valence-corrected chi connectivity index (χ3v) is 0. The SMILES string of the molecule is O=S([O-])[O-].[Ba+2]. The Morgan fingerprint density at radius 2 is 1.40 bits per heavy atom. The maximum Gasteiger partial charge on any atom is 2.00 e. The van der Waals surface area contributed by atoms with Crippen LogP contribution in [0.4, 0.5) is 0 Å². The van der Waals surface area contributed by atoms with Gasteiger partial charge in [0.1, 0.15) is 0 Å². The molecule has 0 unspecified atom stereocenters. The fraction of sp³-hybridized carbons (Fsp3) is 0. The van der Waals surface area contributed by atoms with Gasteiger partial charge in [-0.2, -0.15) is 0 Å². The molecule has 0 aliphatic rings. The molecule has 0 fully saturated rings. The molecule has 0 amide bonds. The fourth-order valence-corrected chi connectivity index (χ4v) is 0. The molecule has 0 aromatic heterocycles. The zero-order valence-corrected chi connectivity index (χ0v) is 7.60. The van der Waals surface area contributed by atoms with Crippen LogP contribution in [0.1, 0.15) is 0 Å². The number of rotatable bonds is 0. The van der Waals surface area contributed by atoms with E-state index in [-0.39, 0.29) is 48.9 Å². The average Bonchev–Trinajstić information content (AvgIpc) is 0.811. The third kappa shape index (κ3) is 27.8. The molecule has 26 valence electrons. The first kappa shape index (κ1) is 9.81. The van der Waals surface area contributed by atoms with Crippen LogP contribution in [-0.2, 0) is 11.4 Å². The van der Waals surface area contributed by atoms with Gasteiger partial charge in [-0.1, -0.05) is 0 Å². The molecular formula is BaO3S. The van der Waals surface area contributed by atoms with Gasteiger partial charge in [0.05, 0.1) is 0 Å². The molecule has 0 spiro atoms. The Hall–Kier alpha value is 1.64. The smallest absolute Gasteiger partial charge is 0.784 e. The monoisotopic (exact) mass is 218 g/mol. The normalized spacial score (nSPS) is 7.00. The van der Waals surface area contributed by atoms with Crippen LogP contribution in [0.5, 0.6) is 0 Å². The second-order valence-corrected chi connectivity index (χ2v) is 0.612. The van der Waals surface area contributed by atoms with Crippen molar-refractivity contribution in [1.29, 1.82) is 0 Å². The van der Waals surface area contributed by atoms with E-state index in [4.69, 9.17) is 13.3 Å². The van der Waals surface area contributed by atoms with Gasteiger partial charge < -0.3 is 9.11 Å². The summed E-state index contributed by atoms with van der Waals surface area (Å²) in [5.41, 5.74) is 0. The van der Waals surface area contributed by atoms with E-state index in [0.29, 0.717) is 0 Å². The maximum absolute atomic E-state index is 8.44. The Balaban J connectivity index is 0. The molecule has 5 heteroatoms. The molecule has 0 saturated carbocycles. The quantitative estimate of drug-likeness (QED) is 0.371. The molecule has 3 nitrogen and oxygen atoms in total. The average molecular weight is 217 g/mol. The summed E-state index contributed by atoms with van der Waals surface area (Å²) in [5.74, 6) is 0. The molecule has 5 heavy (non-hydrogen) atoms. The van der Waals surface area contributed by atoms with Crippen LogP contribution < -0.4 is 0 Å². The molecule has 0 N–H and O–H groups in total. The van der Waals surface area contributed by atoms with Crippen molar-refractivity contribution in [3.05, 3.63) is 0 Å². The zero-order chi connectivity index (χ0) is 3.58. The molecule has 0 heterocycles. The van der Waals surface area contributed by atoms with E-state index in [9.17, 15) is 0 Å². The van der Waals surface area contributed by atoms with E-state index < -0.39 is 11.4 Å². The van der Waals surface area contributed by atoms with E-state index in [1.54, 1.807) is 0 Å². The summed E-state index contributed by atoms with van der Waals surface area (Å²) >= 11 is -3.11. The van der Waals surface area contributed by atoms with Crippen molar-refractivity contribution in [2.24, 2.45) is 0 Å². The topological polar surface area (TPSA) is 63.2 Å². The predicted octanol–water partition coefficient (Wildman–Crippen LogP) is -1.38. The van der Waals surface area contributed by atoms with Crippen molar-refractivity contribution >= 4 is 60.2 Å². The molecule has 0 aliphatic carbocycles. The molecule has 0 saturated heterocycles. The summed E-state index contributed by atoms with van der Waals surface area (Å²) in [6, 6.07) is 0. The third-order valence-electron chi connectivity index (χ3n) is 0. The summed E-state index contributed by atoms with van der Waals surface area (Å²) < 4.78 is 25.3. The van der Waals surface area contributed by atoms with E-state index in [2.05, 4.69) is 0 Å². The van der Waals surface area contributed by atoms with Crippen LogP contribution in [-0.4, -0.2) is 62.2 Å². The van der Waals surface area contributed by atoms with Crippen molar-refractivity contribution in [2.45, 2.75) is 0 Å². The second kappa shape index (κ2) is 5.64. The van der Waals surface area contributed by atoms with Crippen LogP contribution >= 0.6 is 0 Å². The first-order chi connectivity index (χ1) is 1.73. The summed E-state index contributed by atoms with van der Waals surface area (Å²) in [6.45, 7) is 0. The number of hydrogen-bond acceptors (Lipinski definition) is 3. The molecular weight excluding hydrogens is 217 g/mol. The minimum atomic E-state index is -3.11. The Morgan fingerprint density at radius 3 is 1.40 bits per heavy atom. The van der Waals surface area contributed by atoms with Crippen molar-refractivity contribution in [3.8, 4) is 0 Å². The summed E-state index contributed by atoms with van der Waals surface area (Å²) in [7, 11) is 0. The molecule has 0 atom stereocenters. The minimum Gasteiger partial charge on any atom is -0.784 e. The van der Waals surface area contributed by atoms with Crippen LogP contribution in [0.15, 0.2) is 0 Å². The maximum atomic E-state index is 8.44. The van der Waals surface area contributed by atoms with Gasteiger partial charge in [0.2, 0.25) is 0 Å². The molecule has 0 bridgehead atoms. The van der Waals surface area contributed by atoms with E-state index >= 15 is 0 Å². The largest absolute Gasteiger partial charge is 2.00 e. The van der Waals surface area contributed by atoms with Gasteiger partial charge in [0, 0.05) is 0 Å². The predicted molar refractivity (Wildman–Crippen MR) is 15.5 cm³/mol. The molecule has 0 aromatic rings. The Kier molecular flexibility index (Phi) is 11.1. The van der Waals surface area contributed by atoms with Crippen molar-refractivity contribution < 1.29 is 13.3 Å². The van der Waals surface area contributed by atoms with E-state index in [1.807, 2.05) is 0 Å². The zero-order valence-electron chi connectivity index (χ0n) is 2.34. The Bertz CT molecular complexity index is 29.9. The molecule has 0 rings (SSSR count).